The Morgan fingerprint density at radius 2 is 2.05 bits per heavy atom. The summed E-state index contributed by atoms with van der Waals surface area (Å²) in [7, 11) is 0. The smallest absolute Gasteiger partial charge is 0.322 e. The summed E-state index contributed by atoms with van der Waals surface area (Å²) in [6.07, 6.45) is 0. The van der Waals surface area contributed by atoms with E-state index < -0.39 is 5.91 Å². The van der Waals surface area contributed by atoms with Crippen molar-refractivity contribution in [2.45, 2.75) is 0 Å². The zero-order chi connectivity index (χ0) is 14.8. The van der Waals surface area contributed by atoms with Gasteiger partial charge in [0.15, 0.2) is 10.4 Å². The van der Waals surface area contributed by atoms with Crippen molar-refractivity contribution in [3.63, 3.8) is 0 Å². The second-order valence-corrected chi connectivity index (χ2v) is 5.20. The highest BCUT2D eigenvalue weighted by atomic mass is 79.9. The number of carbonyl (C=O) groups excluding carboxylic acids is 1. The number of nitrogens with one attached hydrogen (secondary N) is 1. The highest BCUT2D eigenvalue weighted by Crippen LogP contribution is 2.25. The number of carbonyl (C=O) groups is 1. The molecule has 6 nitrogen and oxygen atoms in total. The molecular weight excluding hydrogens is 362 g/mol. The van der Waals surface area contributed by atoms with Crippen LogP contribution in [0.3, 0.4) is 0 Å². The third-order valence-corrected chi connectivity index (χ3v) is 3.18. The monoisotopic (exact) mass is 367 g/mol. The number of hydrogen-bond donors (Lipinski definition) is 1. The minimum atomic E-state index is -0.395. The minimum Gasteiger partial charge on any atom is -0.444 e. The Hall–Kier alpha value is -2.12. The Kier molecular flexibility index (Phi) is 3.76. The van der Waals surface area contributed by atoms with E-state index in [1.165, 1.54) is 6.07 Å². The number of rotatable bonds is 3. The highest BCUT2D eigenvalue weighted by molar-refractivity contribution is 9.10. The number of hydrogen-bond acceptors (Lipinski definition) is 5. The zero-order valence-electron chi connectivity index (χ0n) is 10.3. The molecule has 0 atom stereocenters. The van der Waals surface area contributed by atoms with Crippen molar-refractivity contribution in [1.29, 1.82) is 0 Å². The van der Waals surface area contributed by atoms with Gasteiger partial charge in [-0.25, -0.2) is 0 Å². The van der Waals surface area contributed by atoms with E-state index in [1.807, 2.05) is 0 Å². The number of amides is 1. The molecule has 21 heavy (non-hydrogen) atoms. The summed E-state index contributed by atoms with van der Waals surface area (Å²) < 4.78 is 11.1. The van der Waals surface area contributed by atoms with Gasteiger partial charge in [0.1, 0.15) is 0 Å². The third kappa shape index (κ3) is 3.14. The summed E-state index contributed by atoms with van der Waals surface area (Å²) in [6, 6.07) is 9.86. The molecule has 0 unspecified atom stereocenters. The van der Waals surface area contributed by atoms with E-state index in [2.05, 4.69) is 31.4 Å². The first kappa shape index (κ1) is 13.8. The lowest BCUT2D eigenvalue weighted by Crippen LogP contribution is -2.11. The second kappa shape index (κ2) is 5.71. The van der Waals surface area contributed by atoms with Gasteiger partial charge in [-0.05, 0) is 46.3 Å². The van der Waals surface area contributed by atoms with E-state index in [-0.39, 0.29) is 11.9 Å². The van der Waals surface area contributed by atoms with Gasteiger partial charge in [-0.15, -0.1) is 5.10 Å². The molecule has 0 aliphatic rings. The fraction of sp³-hybridized carbons (Fsp3) is 0. The molecule has 0 spiro atoms. The number of nitrogens with zero attached hydrogens (tertiary/aromatic N) is 2. The van der Waals surface area contributed by atoms with Crippen molar-refractivity contribution in [3.8, 4) is 11.7 Å². The molecule has 0 aliphatic heterocycles. The largest absolute Gasteiger partial charge is 0.444 e. The van der Waals surface area contributed by atoms with Crippen LogP contribution in [0.2, 0.25) is 5.02 Å². The molecule has 106 valence electrons. The van der Waals surface area contributed by atoms with Crippen molar-refractivity contribution < 1.29 is 13.6 Å². The van der Waals surface area contributed by atoms with Crippen molar-refractivity contribution in [2.24, 2.45) is 0 Å². The molecule has 0 bridgehead atoms. The number of aromatic nitrogens is 2. The van der Waals surface area contributed by atoms with Crippen LogP contribution < -0.4 is 5.32 Å². The summed E-state index contributed by atoms with van der Waals surface area (Å²) in [5.41, 5.74) is 0.392. The molecule has 3 aromatic rings. The predicted octanol–water partition coefficient (Wildman–Crippen LogP) is 4.00. The summed E-state index contributed by atoms with van der Waals surface area (Å²) >= 11 is 9.01. The van der Waals surface area contributed by atoms with Gasteiger partial charge in [-0.2, -0.15) is 0 Å². The number of furan rings is 1. The Bertz CT molecular complexity index is 799. The Balaban J connectivity index is 1.77. The lowest BCUT2D eigenvalue weighted by molar-refractivity contribution is 0.102. The summed E-state index contributed by atoms with van der Waals surface area (Å²) in [4.78, 5) is 12.0. The van der Waals surface area contributed by atoms with Gasteiger partial charge in [0.25, 0.3) is 11.8 Å². The molecule has 0 aliphatic carbocycles. The molecule has 2 heterocycles. The molecular formula is C13H7BrClN3O3. The van der Waals surface area contributed by atoms with Crippen LogP contribution in [0.25, 0.3) is 11.7 Å². The predicted molar refractivity (Wildman–Crippen MR) is 79.1 cm³/mol. The maximum Gasteiger partial charge on any atom is 0.322 e. The summed E-state index contributed by atoms with van der Waals surface area (Å²) in [6.45, 7) is 0. The number of halogens is 2. The molecule has 0 fully saturated rings. The van der Waals surface area contributed by atoms with Crippen LogP contribution in [-0.2, 0) is 0 Å². The average Bonchev–Trinajstić information content (AvgIpc) is 3.07. The highest BCUT2D eigenvalue weighted by Gasteiger charge is 2.15. The van der Waals surface area contributed by atoms with Gasteiger partial charge in [0.05, 0.1) is 0 Å². The van der Waals surface area contributed by atoms with Crippen LogP contribution in [0.15, 0.2) is 49.9 Å². The normalized spacial score (nSPS) is 10.6. The van der Waals surface area contributed by atoms with Crippen molar-refractivity contribution >= 4 is 39.5 Å². The number of anilines is 1. The van der Waals surface area contributed by atoms with Gasteiger partial charge in [0, 0.05) is 10.6 Å². The molecule has 0 saturated carbocycles. The first-order valence-electron chi connectivity index (χ1n) is 5.78. The van der Waals surface area contributed by atoms with Crippen molar-refractivity contribution in [1.82, 2.24) is 10.2 Å². The number of benzene rings is 1. The maximum absolute atomic E-state index is 12.0. The van der Waals surface area contributed by atoms with Crippen LogP contribution in [-0.4, -0.2) is 16.1 Å². The Morgan fingerprint density at radius 3 is 2.76 bits per heavy atom. The molecule has 1 N–H and O–H groups in total. The molecule has 1 amide bonds. The third-order valence-electron chi connectivity index (χ3n) is 2.52. The molecule has 0 saturated heterocycles. The van der Waals surface area contributed by atoms with E-state index in [0.717, 1.165) is 0 Å². The lowest BCUT2D eigenvalue weighted by Gasteiger charge is -2.00. The summed E-state index contributed by atoms with van der Waals surface area (Å²) in [5.74, 6) is 0.174. The SMILES string of the molecule is O=C(Nc1nnc(-c2ccc(Br)o2)o1)c1cccc(Cl)c1. The van der Waals surface area contributed by atoms with E-state index in [9.17, 15) is 4.79 Å². The molecule has 3 rings (SSSR count). The van der Waals surface area contributed by atoms with Gasteiger partial charge >= 0.3 is 6.01 Å². The van der Waals surface area contributed by atoms with Gasteiger partial charge in [0.2, 0.25) is 0 Å². The van der Waals surface area contributed by atoms with Crippen LogP contribution in [0, 0.1) is 0 Å². The molecule has 1 aromatic carbocycles. The fourth-order valence-corrected chi connectivity index (χ4v) is 2.10. The second-order valence-electron chi connectivity index (χ2n) is 3.98. The van der Waals surface area contributed by atoms with Crippen LogP contribution in [0.4, 0.5) is 6.01 Å². The standard InChI is InChI=1S/C13H7BrClN3O3/c14-10-5-4-9(20-10)12-17-18-13(21-12)16-11(19)7-2-1-3-8(15)6-7/h1-6H,(H,16,18,19). The van der Waals surface area contributed by atoms with Gasteiger partial charge in [-0.3, -0.25) is 10.1 Å². The first-order chi connectivity index (χ1) is 10.1. The van der Waals surface area contributed by atoms with E-state index in [0.29, 0.717) is 21.0 Å². The topological polar surface area (TPSA) is 81.2 Å². The Labute approximate surface area is 132 Å². The van der Waals surface area contributed by atoms with Crippen LogP contribution in [0.5, 0.6) is 0 Å². The van der Waals surface area contributed by atoms with Gasteiger partial charge < -0.3 is 8.83 Å². The Morgan fingerprint density at radius 1 is 1.19 bits per heavy atom. The average molecular weight is 369 g/mol. The lowest BCUT2D eigenvalue weighted by atomic mass is 10.2. The zero-order valence-corrected chi connectivity index (χ0v) is 12.7. The van der Waals surface area contributed by atoms with E-state index in [1.54, 1.807) is 30.3 Å². The molecule has 8 heteroatoms. The molecule has 2 aromatic heterocycles. The quantitative estimate of drug-likeness (QED) is 0.756. The summed E-state index contributed by atoms with van der Waals surface area (Å²) in [5, 5.41) is 10.5. The van der Waals surface area contributed by atoms with E-state index >= 15 is 0 Å². The van der Waals surface area contributed by atoms with Crippen LogP contribution in [0.1, 0.15) is 10.4 Å². The van der Waals surface area contributed by atoms with Crippen LogP contribution >= 0.6 is 27.5 Å². The molecule has 0 radical (unpaired) electrons. The van der Waals surface area contributed by atoms with Crippen molar-refractivity contribution in [3.05, 3.63) is 51.7 Å². The maximum atomic E-state index is 12.0. The minimum absolute atomic E-state index is 0.0255. The van der Waals surface area contributed by atoms with Crippen molar-refractivity contribution in [2.75, 3.05) is 5.32 Å². The van der Waals surface area contributed by atoms with Gasteiger partial charge in [-0.1, -0.05) is 22.8 Å². The first-order valence-corrected chi connectivity index (χ1v) is 6.95. The van der Waals surface area contributed by atoms with E-state index in [4.69, 9.17) is 20.4 Å². The fourth-order valence-electron chi connectivity index (χ4n) is 1.60.